The SMILES string of the molecule is C=CCc1cc(C(=O)NCCNS(=O)(=O)c2ccc(OC)cc2)cc(OC)c1OC. The van der Waals surface area contributed by atoms with E-state index >= 15 is 0 Å². The zero-order chi connectivity index (χ0) is 22.1. The molecule has 2 N–H and O–H groups in total. The molecule has 0 saturated heterocycles. The minimum atomic E-state index is -3.69. The van der Waals surface area contributed by atoms with E-state index in [0.717, 1.165) is 5.56 Å². The quantitative estimate of drug-likeness (QED) is 0.415. The lowest BCUT2D eigenvalue weighted by Gasteiger charge is -2.14. The molecule has 0 radical (unpaired) electrons. The molecule has 1 amide bonds. The van der Waals surface area contributed by atoms with Crippen LogP contribution in [-0.2, 0) is 16.4 Å². The summed E-state index contributed by atoms with van der Waals surface area (Å²) in [5.41, 5.74) is 1.14. The summed E-state index contributed by atoms with van der Waals surface area (Å²) in [5, 5.41) is 2.69. The number of hydrogen-bond acceptors (Lipinski definition) is 6. The summed E-state index contributed by atoms with van der Waals surface area (Å²) in [6.45, 7) is 3.86. The van der Waals surface area contributed by atoms with Gasteiger partial charge in [0.15, 0.2) is 11.5 Å². The highest BCUT2D eigenvalue weighted by atomic mass is 32.2. The van der Waals surface area contributed by atoms with Gasteiger partial charge in [-0.3, -0.25) is 4.79 Å². The minimum absolute atomic E-state index is 0.0346. The van der Waals surface area contributed by atoms with Gasteiger partial charge in [-0.15, -0.1) is 6.58 Å². The fraction of sp³-hybridized carbons (Fsp3) is 0.286. The lowest BCUT2D eigenvalue weighted by molar-refractivity contribution is 0.0954. The number of benzene rings is 2. The van der Waals surface area contributed by atoms with Gasteiger partial charge in [0.05, 0.1) is 26.2 Å². The van der Waals surface area contributed by atoms with Crippen LogP contribution < -0.4 is 24.2 Å². The van der Waals surface area contributed by atoms with E-state index < -0.39 is 10.0 Å². The molecule has 30 heavy (non-hydrogen) atoms. The molecule has 0 unspecified atom stereocenters. The molecule has 0 aromatic heterocycles. The number of rotatable bonds is 11. The van der Waals surface area contributed by atoms with Crippen molar-refractivity contribution in [3.63, 3.8) is 0 Å². The van der Waals surface area contributed by atoms with Crippen molar-refractivity contribution >= 4 is 15.9 Å². The van der Waals surface area contributed by atoms with Crippen molar-refractivity contribution in [3.8, 4) is 17.2 Å². The van der Waals surface area contributed by atoms with E-state index in [1.165, 1.54) is 33.5 Å². The molecule has 9 heteroatoms. The summed E-state index contributed by atoms with van der Waals surface area (Å²) in [6.07, 6.45) is 2.20. The molecular weight excluding hydrogens is 408 g/mol. The number of carbonyl (C=O) groups is 1. The number of sulfonamides is 1. The molecule has 0 aliphatic heterocycles. The first-order chi connectivity index (χ1) is 14.4. The van der Waals surface area contributed by atoms with Crippen molar-refractivity contribution < 1.29 is 27.4 Å². The van der Waals surface area contributed by atoms with Crippen molar-refractivity contribution in [2.75, 3.05) is 34.4 Å². The Hall–Kier alpha value is -3.04. The number of allylic oxidation sites excluding steroid dienone is 1. The monoisotopic (exact) mass is 434 g/mol. The molecular formula is C21H26N2O6S. The highest BCUT2D eigenvalue weighted by Crippen LogP contribution is 2.33. The maximum absolute atomic E-state index is 12.5. The Labute approximate surface area is 176 Å². The van der Waals surface area contributed by atoms with Gasteiger partial charge in [-0.05, 0) is 42.8 Å². The first-order valence-electron chi connectivity index (χ1n) is 9.14. The normalized spacial score (nSPS) is 10.9. The van der Waals surface area contributed by atoms with E-state index in [1.807, 2.05) is 0 Å². The first-order valence-corrected chi connectivity index (χ1v) is 10.6. The Kier molecular flexibility index (Phi) is 8.25. The summed E-state index contributed by atoms with van der Waals surface area (Å²) in [6, 6.07) is 9.29. The number of nitrogens with one attached hydrogen (secondary N) is 2. The number of amides is 1. The lowest BCUT2D eigenvalue weighted by Crippen LogP contribution is -2.34. The van der Waals surface area contributed by atoms with E-state index in [0.29, 0.717) is 29.2 Å². The van der Waals surface area contributed by atoms with Gasteiger partial charge < -0.3 is 19.5 Å². The van der Waals surface area contributed by atoms with E-state index in [1.54, 1.807) is 30.3 Å². The molecule has 0 fully saturated rings. The molecule has 2 aromatic rings. The molecule has 0 bridgehead atoms. The predicted octanol–water partition coefficient (Wildman–Crippen LogP) is 2.15. The first kappa shape index (κ1) is 23.2. The second-order valence-corrected chi connectivity index (χ2v) is 7.96. The summed E-state index contributed by atoms with van der Waals surface area (Å²) in [5.74, 6) is 1.18. The number of hydrogen-bond donors (Lipinski definition) is 2. The largest absolute Gasteiger partial charge is 0.497 e. The molecule has 0 saturated carbocycles. The maximum atomic E-state index is 12.5. The van der Waals surface area contributed by atoms with E-state index in [2.05, 4.69) is 16.6 Å². The van der Waals surface area contributed by atoms with Crippen LogP contribution in [0.15, 0.2) is 53.9 Å². The van der Waals surface area contributed by atoms with Crippen molar-refractivity contribution in [2.24, 2.45) is 0 Å². The molecule has 0 aliphatic carbocycles. The third-order valence-corrected chi connectivity index (χ3v) is 5.73. The number of carbonyl (C=O) groups excluding carboxylic acids is 1. The second-order valence-electron chi connectivity index (χ2n) is 6.19. The average Bonchev–Trinajstić information content (AvgIpc) is 2.76. The fourth-order valence-electron chi connectivity index (χ4n) is 2.78. The Morgan fingerprint density at radius 1 is 1.03 bits per heavy atom. The van der Waals surface area contributed by atoms with Crippen molar-refractivity contribution in [1.29, 1.82) is 0 Å². The van der Waals surface area contributed by atoms with Crippen LogP contribution in [0.25, 0.3) is 0 Å². The molecule has 2 rings (SSSR count). The molecule has 0 spiro atoms. The average molecular weight is 435 g/mol. The van der Waals surface area contributed by atoms with Crippen molar-refractivity contribution in [2.45, 2.75) is 11.3 Å². The Morgan fingerprint density at radius 2 is 1.73 bits per heavy atom. The van der Waals surface area contributed by atoms with Crippen molar-refractivity contribution in [1.82, 2.24) is 10.0 Å². The van der Waals surface area contributed by atoms with Crippen LogP contribution in [0.1, 0.15) is 15.9 Å². The number of ether oxygens (including phenoxy) is 3. The Balaban J connectivity index is 2.00. The smallest absolute Gasteiger partial charge is 0.251 e. The van der Waals surface area contributed by atoms with Crippen LogP contribution in [-0.4, -0.2) is 48.7 Å². The van der Waals surface area contributed by atoms with Gasteiger partial charge in [0.1, 0.15) is 5.75 Å². The third kappa shape index (κ3) is 5.74. The second kappa shape index (κ2) is 10.7. The van der Waals surface area contributed by atoms with E-state index in [4.69, 9.17) is 14.2 Å². The lowest BCUT2D eigenvalue weighted by atomic mass is 10.0. The van der Waals surface area contributed by atoms with E-state index in [-0.39, 0.29) is 23.9 Å². The van der Waals surface area contributed by atoms with Crippen LogP contribution in [0.5, 0.6) is 17.2 Å². The highest BCUT2D eigenvalue weighted by Gasteiger charge is 2.16. The zero-order valence-corrected chi connectivity index (χ0v) is 18.0. The summed E-state index contributed by atoms with van der Waals surface area (Å²) < 4.78 is 42.8. The van der Waals surface area contributed by atoms with E-state index in [9.17, 15) is 13.2 Å². The zero-order valence-electron chi connectivity index (χ0n) is 17.2. The minimum Gasteiger partial charge on any atom is -0.497 e. The molecule has 0 heterocycles. The topological polar surface area (TPSA) is 103 Å². The molecule has 0 atom stereocenters. The van der Waals surface area contributed by atoms with Gasteiger partial charge in [0.2, 0.25) is 10.0 Å². The van der Waals surface area contributed by atoms with Crippen LogP contribution >= 0.6 is 0 Å². The van der Waals surface area contributed by atoms with Crippen LogP contribution in [0, 0.1) is 0 Å². The Morgan fingerprint density at radius 3 is 2.30 bits per heavy atom. The van der Waals surface area contributed by atoms with Gasteiger partial charge in [-0.2, -0.15) is 0 Å². The fourth-order valence-corrected chi connectivity index (χ4v) is 3.82. The highest BCUT2D eigenvalue weighted by molar-refractivity contribution is 7.89. The molecule has 2 aromatic carbocycles. The molecule has 162 valence electrons. The summed E-state index contributed by atoms with van der Waals surface area (Å²) in [4.78, 5) is 12.6. The van der Waals surface area contributed by atoms with Crippen LogP contribution in [0.3, 0.4) is 0 Å². The molecule has 0 aliphatic rings. The third-order valence-electron chi connectivity index (χ3n) is 4.25. The summed E-state index contributed by atoms with van der Waals surface area (Å²) in [7, 11) is 0.835. The van der Waals surface area contributed by atoms with Crippen LogP contribution in [0.4, 0.5) is 0 Å². The van der Waals surface area contributed by atoms with Gasteiger partial charge in [0.25, 0.3) is 5.91 Å². The van der Waals surface area contributed by atoms with Gasteiger partial charge in [-0.1, -0.05) is 6.08 Å². The molecule has 8 nitrogen and oxygen atoms in total. The van der Waals surface area contributed by atoms with Gasteiger partial charge in [-0.25, -0.2) is 13.1 Å². The predicted molar refractivity (Wildman–Crippen MR) is 114 cm³/mol. The van der Waals surface area contributed by atoms with Gasteiger partial charge >= 0.3 is 0 Å². The summed E-state index contributed by atoms with van der Waals surface area (Å²) >= 11 is 0. The standard InChI is InChI=1S/C21H26N2O6S/c1-5-6-15-13-16(14-19(28-3)20(15)29-4)21(24)22-11-12-23-30(25,26)18-9-7-17(27-2)8-10-18/h5,7-10,13-14,23H,1,6,11-12H2,2-4H3,(H,22,24). The Bertz CT molecular complexity index is 987. The number of methoxy groups -OCH3 is 3. The van der Waals surface area contributed by atoms with Crippen LogP contribution in [0.2, 0.25) is 0 Å². The van der Waals surface area contributed by atoms with Gasteiger partial charge in [0, 0.05) is 24.2 Å². The van der Waals surface area contributed by atoms with Crippen molar-refractivity contribution in [3.05, 3.63) is 60.2 Å². The maximum Gasteiger partial charge on any atom is 0.251 e.